The molecule has 0 aliphatic heterocycles. The van der Waals surface area contributed by atoms with Crippen LogP contribution < -0.4 is 5.32 Å². The van der Waals surface area contributed by atoms with Crippen molar-refractivity contribution in [3.63, 3.8) is 0 Å². The van der Waals surface area contributed by atoms with Crippen molar-refractivity contribution in [3.05, 3.63) is 68.4 Å². The summed E-state index contributed by atoms with van der Waals surface area (Å²) in [4.78, 5) is 0. The lowest BCUT2D eigenvalue weighted by molar-refractivity contribution is 0.505. The van der Waals surface area contributed by atoms with Gasteiger partial charge < -0.3 is 5.32 Å². The van der Waals surface area contributed by atoms with Gasteiger partial charge in [-0.05, 0) is 54.8 Å². The Morgan fingerprint density at radius 2 is 1.81 bits per heavy atom. The zero-order valence-corrected chi connectivity index (χ0v) is 15.0. The Morgan fingerprint density at radius 3 is 2.48 bits per heavy atom. The Bertz CT molecular complexity index is 601. The van der Waals surface area contributed by atoms with E-state index in [1.165, 1.54) is 11.6 Å². The number of hydrogen-bond acceptors (Lipinski definition) is 1. The largest absolute Gasteiger partial charge is 0.314 e. The molecule has 0 heterocycles. The van der Waals surface area contributed by atoms with Crippen LogP contribution in [0, 0.1) is 5.82 Å². The molecule has 0 fully saturated rings. The summed E-state index contributed by atoms with van der Waals surface area (Å²) >= 11 is 6.79. The summed E-state index contributed by atoms with van der Waals surface area (Å²) in [5.74, 6) is -0.151. The van der Waals surface area contributed by atoms with Gasteiger partial charge in [0.1, 0.15) is 5.82 Å². The van der Waals surface area contributed by atoms with Gasteiger partial charge in [0.15, 0.2) is 0 Å². The van der Waals surface area contributed by atoms with Crippen molar-refractivity contribution >= 4 is 31.9 Å². The molecule has 0 aliphatic carbocycles. The predicted molar refractivity (Wildman–Crippen MR) is 93.1 cm³/mol. The summed E-state index contributed by atoms with van der Waals surface area (Å²) in [6, 6.07) is 13.8. The van der Waals surface area contributed by atoms with Crippen molar-refractivity contribution < 1.29 is 4.39 Å². The average molecular weight is 415 g/mol. The molecule has 1 atom stereocenters. The van der Waals surface area contributed by atoms with Gasteiger partial charge >= 0.3 is 0 Å². The standard InChI is InChI=1S/C17H18Br2FN/c1-2-21-16(9-12-4-3-5-14(18)8-12)10-13-6-7-15(19)11-17(13)20/h3-8,11,16,21H,2,9-10H2,1H3. The van der Waals surface area contributed by atoms with Gasteiger partial charge in [0.2, 0.25) is 0 Å². The van der Waals surface area contributed by atoms with Crippen molar-refractivity contribution in [2.45, 2.75) is 25.8 Å². The third-order valence-electron chi connectivity index (χ3n) is 3.35. The predicted octanol–water partition coefficient (Wildman–Crippen LogP) is 5.11. The molecule has 0 spiro atoms. The van der Waals surface area contributed by atoms with E-state index in [2.05, 4.69) is 56.2 Å². The third kappa shape index (κ3) is 5.20. The second-order valence-electron chi connectivity index (χ2n) is 5.03. The van der Waals surface area contributed by atoms with Crippen molar-refractivity contribution in [2.75, 3.05) is 6.54 Å². The Kier molecular flexibility index (Phi) is 6.40. The normalized spacial score (nSPS) is 12.4. The molecular weight excluding hydrogens is 397 g/mol. The average Bonchev–Trinajstić information content (AvgIpc) is 2.42. The van der Waals surface area contributed by atoms with Gasteiger partial charge in [-0.1, -0.05) is 57.0 Å². The van der Waals surface area contributed by atoms with Gasteiger partial charge in [0, 0.05) is 15.0 Å². The summed E-state index contributed by atoms with van der Waals surface area (Å²) < 4.78 is 15.8. The topological polar surface area (TPSA) is 12.0 Å². The first kappa shape index (κ1) is 16.7. The summed E-state index contributed by atoms with van der Waals surface area (Å²) in [6.45, 7) is 2.95. The Hall–Kier alpha value is -0.710. The van der Waals surface area contributed by atoms with E-state index in [-0.39, 0.29) is 11.9 Å². The van der Waals surface area contributed by atoms with Crippen LogP contribution in [0.5, 0.6) is 0 Å². The highest BCUT2D eigenvalue weighted by molar-refractivity contribution is 9.10. The highest BCUT2D eigenvalue weighted by atomic mass is 79.9. The molecule has 1 N–H and O–H groups in total. The maximum atomic E-state index is 14.0. The maximum absolute atomic E-state index is 14.0. The molecule has 2 rings (SSSR count). The molecule has 1 nitrogen and oxygen atoms in total. The van der Waals surface area contributed by atoms with Crippen LogP contribution in [-0.2, 0) is 12.8 Å². The zero-order chi connectivity index (χ0) is 15.2. The molecule has 21 heavy (non-hydrogen) atoms. The van der Waals surface area contributed by atoms with E-state index in [9.17, 15) is 4.39 Å². The summed E-state index contributed by atoms with van der Waals surface area (Å²) in [6.07, 6.45) is 1.56. The number of nitrogens with one attached hydrogen (secondary N) is 1. The van der Waals surface area contributed by atoms with Gasteiger partial charge in [-0.15, -0.1) is 0 Å². The second kappa shape index (κ2) is 8.06. The first-order valence-electron chi connectivity index (χ1n) is 7.00. The number of rotatable bonds is 6. The van der Waals surface area contributed by atoms with E-state index in [0.717, 1.165) is 27.5 Å². The molecule has 0 saturated carbocycles. The van der Waals surface area contributed by atoms with Gasteiger partial charge in [0.05, 0.1) is 0 Å². The van der Waals surface area contributed by atoms with Crippen LogP contribution in [0.2, 0.25) is 0 Å². The fourth-order valence-corrected chi connectivity index (χ4v) is 3.19. The highest BCUT2D eigenvalue weighted by Gasteiger charge is 2.13. The van der Waals surface area contributed by atoms with Crippen LogP contribution in [0.3, 0.4) is 0 Å². The van der Waals surface area contributed by atoms with E-state index in [0.29, 0.717) is 6.42 Å². The van der Waals surface area contributed by atoms with E-state index < -0.39 is 0 Å². The number of halogens is 3. The lowest BCUT2D eigenvalue weighted by Crippen LogP contribution is -2.33. The van der Waals surface area contributed by atoms with Crippen molar-refractivity contribution in [1.82, 2.24) is 5.32 Å². The molecule has 0 saturated heterocycles. The Balaban J connectivity index is 2.11. The Labute approximate surface area is 142 Å². The molecular formula is C17H18Br2FN. The SMILES string of the molecule is CCNC(Cc1cccc(Br)c1)Cc1ccc(Br)cc1F. The minimum Gasteiger partial charge on any atom is -0.314 e. The summed E-state index contributed by atoms with van der Waals surface area (Å²) in [7, 11) is 0. The Morgan fingerprint density at radius 1 is 1.05 bits per heavy atom. The van der Waals surface area contributed by atoms with E-state index >= 15 is 0 Å². The molecule has 0 bridgehead atoms. The molecule has 1 unspecified atom stereocenters. The lowest BCUT2D eigenvalue weighted by Gasteiger charge is -2.19. The van der Waals surface area contributed by atoms with E-state index in [1.807, 2.05) is 24.3 Å². The molecule has 0 amide bonds. The van der Waals surface area contributed by atoms with Crippen LogP contribution in [0.4, 0.5) is 4.39 Å². The van der Waals surface area contributed by atoms with Gasteiger partial charge in [-0.3, -0.25) is 0 Å². The quantitative estimate of drug-likeness (QED) is 0.692. The van der Waals surface area contributed by atoms with Crippen LogP contribution >= 0.6 is 31.9 Å². The minimum atomic E-state index is -0.151. The summed E-state index contributed by atoms with van der Waals surface area (Å²) in [5.41, 5.74) is 1.99. The lowest BCUT2D eigenvalue weighted by atomic mass is 9.98. The van der Waals surface area contributed by atoms with Crippen LogP contribution in [0.1, 0.15) is 18.1 Å². The monoisotopic (exact) mass is 413 g/mol. The highest BCUT2D eigenvalue weighted by Crippen LogP contribution is 2.19. The zero-order valence-electron chi connectivity index (χ0n) is 11.9. The van der Waals surface area contributed by atoms with Crippen molar-refractivity contribution in [3.8, 4) is 0 Å². The fraction of sp³-hybridized carbons (Fsp3) is 0.294. The second-order valence-corrected chi connectivity index (χ2v) is 6.86. The fourth-order valence-electron chi connectivity index (χ4n) is 2.41. The number of benzene rings is 2. The smallest absolute Gasteiger partial charge is 0.127 e. The molecule has 4 heteroatoms. The first-order chi connectivity index (χ1) is 10.1. The van der Waals surface area contributed by atoms with Gasteiger partial charge in [0.25, 0.3) is 0 Å². The minimum absolute atomic E-state index is 0.151. The van der Waals surface area contributed by atoms with Crippen molar-refractivity contribution in [2.24, 2.45) is 0 Å². The number of hydrogen-bond donors (Lipinski definition) is 1. The van der Waals surface area contributed by atoms with Gasteiger partial charge in [-0.25, -0.2) is 4.39 Å². The van der Waals surface area contributed by atoms with E-state index in [4.69, 9.17) is 0 Å². The van der Waals surface area contributed by atoms with Crippen LogP contribution in [0.15, 0.2) is 51.4 Å². The van der Waals surface area contributed by atoms with E-state index in [1.54, 1.807) is 0 Å². The molecule has 0 radical (unpaired) electrons. The van der Waals surface area contributed by atoms with Crippen LogP contribution in [-0.4, -0.2) is 12.6 Å². The van der Waals surface area contributed by atoms with Crippen molar-refractivity contribution in [1.29, 1.82) is 0 Å². The number of likely N-dealkylation sites (N-methyl/N-ethyl adjacent to an activating group) is 1. The molecule has 112 valence electrons. The maximum Gasteiger partial charge on any atom is 0.127 e. The first-order valence-corrected chi connectivity index (χ1v) is 8.59. The molecule has 0 aliphatic rings. The third-order valence-corrected chi connectivity index (χ3v) is 4.33. The molecule has 2 aromatic carbocycles. The molecule has 0 aromatic heterocycles. The van der Waals surface area contributed by atoms with Crippen LogP contribution in [0.25, 0.3) is 0 Å². The van der Waals surface area contributed by atoms with Gasteiger partial charge in [-0.2, -0.15) is 0 Å². The summed E-state index contributed by atoms with van der Waals surface area (Å²) in [5, 5.41) is 3.45. The molecule has 2 aromatic rings.